The average Bonchev–Trinajstić information content (AvgIpc) is 2.60. The van der Waals surface area contributed by atoms with E-state index in [4.69, 9.17) is 11.6 Å². The minimum atomic E-state index is -0.0928. The average molecular weight is 281 g/mol. The van der Waals surface area contributed by atoms with E-state index in [0.717, 1.165) is 12.0 Å². The second-order valence-electron chi connectivity index (χ2n) is 4.73. The topological polar surface area (TPSA) is 40.6 Å². The van der Waals surface area contributed by atoms with Crippen molar-refractivity contribution >= 4 is 23.4 Å². The van der Waals surface area contributed by atoms with Crippen molar-refractivity contribution in [2.75, 3.05) is 26.7 Å². The van der Waals surface area contributed by atoms with Gasteiger partial charge in [-0.2, -0.15) is 0 Å². The van der Waals surface area contributed by atoms with Crippen LogP contribution in [-0.2, 0) is 10.7 Å². The molecule has 0 bridgehead atoms. The Bertz CT molecular complexity index is 473. The van der Waals surface area contributed by atoms with Gasteiger partial charge in [0.15, 0.2) is 0 Å². The number of halogens is 1. The summed E-state index contributed by atoms with van der Waals surface area (Å²) in [6.45, 7) is 1.48. The Balaban J connectivity index is 2.11. The summed E-state index contributed by atoms with van der Waals surface area (Å²) in [5.74, 6) is 0.328. The Morgan fingerprint density at radius 2 is 1.95 bits per heavy atom. The number of carbonyl (C=O) groups excluding carboxylic acids is 2. The van der Waals surface area contributed by atoms with E-state index in [0.29, 0.717) is 24.5 Å². The van der Waals surface area contributed by atoms with Crippen molar-refractivity contribution in [2.24, 2.45) is 0 Å². The molecule has 0 aliphatic carbocycles. The summed E-state index contributed by atoms with van der Waals surface area (Å²) in [7, 11) is 1.77. The molecule has 2 rings (SSSR count). The van der Waals surface area contributed by atoms with Crippen molar-refractivity contribution in [3.63, 3.8) is 0 Å². The molecule has 0 aromatic heterocycles. The summed E-state index contributed by atoms with van der Waals surface area (Å²) >= 11 is 5.72. The van der Waals surface area contributed by atoms with Crippen molar-refractivity contribution in [1.82, 2.24) is 9.80 Å². The molecule has 1 fully saturated rings. The number of rotatable bonds is 2. The fraction of sp³-hybridized carbons (Fsp3) is 0.429. The van der Waals surface area contributed by atoms with Gasteiger partial charge < -0.3 is 9.80 Å². The Labute approximate surface area is 117 Å². The lowest BCUT2D eigenvalue weighted by molar-refractivity contribution is -0.129. The molecule has 1 heterocycles. The quantitative estimate of drug-likeness (QED) is 0.774. The third kappa shape index (κ3) is 3.26. The lowest BCUT2D eigenvalue weighted by Crippen LogP contribution is -2.38. The zero-order valence-electron chi connectivity index (χ0n) is 10.9. The van der Waals surface area contributed by atoms with Crippen LogP contribution in [0.5, 0.6) is 0 Å². The van der Waals surface area contributed by atoms with Crippen LogP contribution in [0.15, 0.2) is 24.3 Å². The van der Waals surface area contributed by atoms with Crippen LogP contribution >= 0.6 is 11.6 Å². The smallest absolute Gasteiger partial charge is 0.254 e. The van der Waals surface area contributed by atoms with E-state index in [1.54, 1.807) is 29.0 Å². The number of hydrogen-bond donors (Lipinski definition) is 0. The maximum absolute atomic E-state index is 12.3. The zero-order valence-corrected chi connectivity index (χ0v) is 11.7. The molecule has 1 aliphatic heterocycles. The molecule has 5 heteroatoms. The first-order valence-electron chi connectivity index (χ1n) is 6.30. The molecule has 0 atom stereocenters. The van der Waals surface area contributed by atoms with Crippen LogP contribution in [0.2, 0.25) is 0 Å². The van der Waals surface area contributed by atoms with Crippen molar-refractivity contribution < 1.29 is 9.59 Å². The fourth-order valence-corrected chi connectivity index (χ4v) is 2.26. The van der Waals surface area contributed by atoms with Gasteiger partial charge in [-0.05, 0) is 24.1 Å². The third-order valence-electron chi connectivity index (χ3n) is 3.32. The number of carbonyl (C=O) groups is 2. The van der Waals surface area contributed by atoms with Gasteiger partial charge in [-0.15, -0.1) is 11.6 Å². The predicted molar refractivity (Wildman–Crippen MR) is 74.2 cm³/mol. The van der Waals surface area contributed by atoms with Crippen molar-refractivity contribution in [3.8, 4) is 0 Å². The Morgan fingerprint density at radius 1 is 1.26 bits per heavy atom. The predicted octanol–water partition coefficient (Wildman–Crippen LogP) is 1.73. The molecule has 1 aromatic rings. The molecule has 1 aromatic carbocycles. The van der Waals surface area contributed by atoms with Gasteiger partial charge >= 0.3 is 0 Å². The molecule has 19 heavy (non-hydrogen) atoms. The molecule has 0 N–H and O–H groups in total. The summed E-state index contributed by atoms with van der Waals surface area (Å²) in [6, 6.07) is 7.20. The first kappa shape index (κ1) is 13.9. The van der Waals surface area contributed by atoms with E-state index in [-0.39, 0.29) is 18.4 Å². The Morgan fingerprint density at radius 3 is 2.58 bits per heavy atom. The SMILES string of the molecule is CN1CCCN(C(=O)c2ccc(CCl)cc2)CC1=O. The third-order valence-corrected chi connectivity index (χ3v) is 3.62. The van der Waals surface area contributed by atoms with E-state index in [1.807, 2.05) is 12.1 Å². The molecule has 1 aliphatic rings. The van der Waals surface area contributed by atoms with Crippen molar-refractivity contribution in [1.29, 1.82) is 0 Å². The van der Waals surface area contributed by atoms with Crippen molar-refractivity contribution in [2.45, 2.75) is 12.3 Å². The van der Waals surface area contributed by atoms with Gasteiger partial charge in [-0.3, -0.25) is 9.59 Å². The van der Waals surface area contributed by atoms with Crippen LogP contribution in [0.4, 0.5) is 0 Å². The second-order valence-corrected chi connectivity index (χ2v) is 4.99. The largest absolute Gasteiger partial charge is 0.344 e. The molecule has 4 nitrogen and oxygen atoms in total. The lowest BCUT2D eigenvalue weighted by Gasteiger charge is -2.19. The van der Waals surface area contributed by atoms with Gasteiger partial charge in [0.1, 0.15) is 6.54 Å². The number of amides is 2. The highest BCUT2D eigenvalue weighted by Crippen LogP contribution is 2.11. The monoisotopic (exact) mass is 280 g/mol. The lowest BCUT2D eigenvalue weighted by atomic mass is 10.1. The van der Waals surface area contributed by atoms with E-state index in [1.165, 1.54) is 0 Å². The number of hydrogen-bond acceptors (Lipinski definition) is 2. The van der Waals surface area contributed by atoms with Gasteiger partial charge in [0.05, 0.1) is 0 Å². The van der Waals surface area contributed by atoms with Crippen LogP contribution < -0.4 is 0 Å². The van der Waals surface area contributed by atoms with Crippen molar-refractivity contribution in [3.05, 3.63) is 35.4 Å². The normalized spacial score (nSPS) is 16.4. The molecular weight excluding hydrogens is 264 g/mol. The van der Waals surface area contributed by atoms with E-state index < -0.39 is 0 Å². The zero-order chi connectivity index (χ0) is 13.8. The first-order chi connectivity index (χ1) is 9.11. The highest BCUT2D eigenvalue weighted by atomic mass is 35.5. The molecule has 2 amide bonds. The summed E-state index contributed by atoms with van der Waals surface area (Å²) in [6.07, 6.45) is 0.813. The number of benzene rings is 1. The Hall–Kier alpha value is -1.55. The van der Waals surface area contributed by atoms with Gasteiger partial charge in [0, 0.05) is 31.6 Å². The molecule has 102 valence electrons. The number of alkyl halides is 1. The van der Waals surface area contributed by atoms with Crippen LogP contribution in [0.3, 0.4) is 0 Å². The van der Waals surface area contributed by atoms with Gasteiger partial charge in [0.2, 0.25) is 5.91 Å². The van der Waals surface area contributed by atoms with Gasteiger partial charge in [-0.1, -0.05) is 12.1 Å². The molecule has 0 radical (unpaired) electrons. The van der Waals surface area contributed by atoms with E-state index >= 15 is 0 Å². The van der Waals surface area contributed by atoms with Gasteiger partial charge in [-0.25, -0.2) is 0 Å². The van der Waals surface area contributed by atoms with Gasteiger partial charge in [0.25, 0.3) is 5.91 Å². The minimum absolute atomic E-state index is 0.0109. The minimum Gasteiger partial charge on any atom is -0.344 e. The first-order valence-corrected chi connectivity index (χ1v) is 6.83. The highest BCUT2D eigenvalue weighted by molar-refractivity contribution is 6.17. The van der Waals surface area contributed by atoms with Crippen LogP contribution in [-0.4, -0.2) is 48.3 Å². The van der Waals surface area contributed by atoms with Crippen LogP contribution in [0.1, 0.15) is 22.3 Å². The molecule has 0 spiro atoms. The maximum Gasteiger partial charge on any atom is 0.254 e. The van der Waals surface area contributed by atoms with E-state index in [9.17, 15) is 9.59 Å². The fourth-order valence-electron chi connectivity index (χ4n) is 2.08. The van der Waals surface area contributed by atoms with Crippen LogP contribution in [0, 0.1) is 0 Å². The van der Waals surface area contributed by atoms with E-state index in [2.05, 4.69) is 0 Å². The highest BCUT2D eigenvalue weighted by Gasteiger charge is 2.23. The summed E-state index contributed by atoms with van der Waals surface area (Å²) in [4.78, 5) is 27.4. The molecule has 1 saturated heterocycles. The summed E-state index contributed by atoms with van der Waals surface area (Å²) in [5.41, 5.74) is 1.58. The summed E-state index contributed by atoms with van der Waals surface area (Å²) in [5, 5.41) is 0. The maximum atomic E-state index is 12.3. The standard InChI is InChI=1S/C14H17ClN2O2/c1-16-7-2-8-17(10-13(16)18)14(19)12-5-3-11(9-15)4-6-12/h3-6H,2,7-10H2,1H3. The Kier molecular flexibility index (Phi) is 4.43. The molecule has 0 unspecified atom stereocenters. The summed E-state index contributed by atoms with van der Waals surface area (Å²) < 4.78 is 0. The second kappa shape index (κ2) is 6.06. The number of nitrogens with zero attached hydrogens (tertiary/aromatic N) is 2. The molecular formula is C14H17ClN2O2. The molecule has 0 saturated carbocycles. The number of likely N-dealkylation sites (N-methyl/N-ethyl adjacent to an activating group) is 1. The van der Waals surface area contributed by atoms with Crippen LogP contribution in [0.25, 0.3) is 0 Å².